The third-order valence-corrected chi connectivity index (χ3v) is 7.09. The van der Waals surface area contributed by atoms with E-state index >= 15 is 0 Å². The zero-order chi connectivity index (χ0) is 13.3. The Morgan fingerprint density at radius 2 is 2.05 bits per heavy atom. The van der Waals surface area contributed by atoms with E-state index in [-0.39, 0.29) is 6.04 Å². The summed E-state index contributed by atoms with van der Waals surface area (Å²) >= 11 is 1.79. The third kappa shape index (κ3) is 3.20. The summed E-state index contributed by atoms with van der Waals surface area (Å²) < 4.78 is 23.2. The topological polar surface area (TPSA) is 46.2 Å². The summed E-state index contributed by atoms with van der Waals surface area (Å²) in [5, 5.41) is 5.76. The van der Waals surface area contributed by atoms with Crippen molar-refractivity contribution in [2.24, 2.45) is 5.92 Å². The zero-order valence-electron chi connectivity index (χ0n) is 11.0. The Bertz CT molecular complexity index is 504. The molecule has 2 heterocycles. The molecule has 2 fully saturated rings. The molecule has 106 valence electrons. The first-order chi connectivity index (χ1) is 9.14. The molecule has 1 N–H and O–H groups in total. The van der Waals surface area contributed by atoms with Crippen molar-refractivity contribution in [2.45, 2.75) is 44.2 Å². The normalized spacial score (nSPS) is 28.7. The SMILES string of the molecule is O=S1(=O)CCC(NC(c2cccs2)C2CCCC2)C1. The predicted molar refractivity (Wildman–Crippen MR) is 79.2 cm³/mol. The Morgan fingerprint density at radius 3 is 2.63 bits per heavy atom. The van der Waals surface area contributed by atoms with Gasteiger partial charge < -0.3 is 5.32 Å². The number of thiophene rings is 1. The zero-order valence-corrected chi connectivity index (χ0v) is 12.7. The average Bonchev–Trinajstić information content (AvgIpc) is 3.07. The van der Waals surface area contributed by atoms with E-state index in [2.05, 4.69) is 22.8 Å². The molecule has 1 saturated heterocycles. The molecule has 3 rings (SSSR count). The lowest BCUT2D eigenvalue weighted by molar-refractivity contribution is 0.342. The van der Waals surface area contributed by atoms with E-state index in [9.17, 15) is 8.42 Å². The molecule has 0 aromatic carbocycles. The monoisotopic (exact) mass is 299 g/mol. The molecule has 1 aromatic heterocycles. The van der Waals surface area contributed by atoms with E-state index in [1.807, 2.05) is 0 Å². The Balaban J connectivity index is 1.73. The van der Waals surface area contributed by atoms with Crippen LogP contribution in [0.1, 0.15) is 43.0 Å². The second-order valence-electron chi connectivity index (χ2n) is 5.80. The Labute approximate surface area is 119 Å². The molecule has 5 heteroatoms. The van der Waals surface area contributed by atoms with Crippen molar-refractivity contribution in [3.63, 3.8) is 0 Å². The van der Waals surface area contributed by atoms with Crippen molar-refractivity contribution in [1.29, 1.82) is 0 Å². The van der Waals surface area contributed by atoms with Gasteiger partial charge in [0.1, 0.15) is 0 Å². The molecule has 2 aliphatic rings. The summed E-state index contributed by atoms with van der Waals surface area (Å²) in [6.45, 7) is 0. The van der Waals surface area contributed by atoms with Crippen LogP contribution in [-0.2, 0) is 9.84 Å². The van der Waals surface area contributed by atoms with Gasteiger partial charge in [0, 0.05) is 17.0 Å². The third-order valence-electron chi connectivity index (χ3n) is 4.37. The fourth-order valence-electron chi connectivity index (χ4n) is 3.39. The van der Waals surface area contributed by atoms with E-state index in [4.69, 9.17) is 0 Å². The molecule has 1 aliphatic heterocycles. The van der Waals surface area contributed by atoms with E-state index in [1.165, 1.54) is 30.6 Å². The second-order valence-corrected chi connectivity index (χ2v) is 9.01. The van der Waals surface area contributed by atoms with Crippen molar-refractivity contribution in [1.82, 2.24) is 5.32 Å². The van der Waals surface area contributed by atoms with Crippen molar-refractivity contribution in [3.8, 4) is 0 Å². The van der Waals surface area contributed by atoms with Crippen molar-refractivity contribution >= 4 is 21.2 Å². The molecule has 1 saturated carbocycles. The van der Waals surface area contributed by atoms with Gasteiger partial charge in [-0.3, -0.25) is 0 Å². The molecule has 19 heavy (non-hydrogen) atoms. The molecule has 3 nitrogen and oxygen atoms in total. The molecule has 0 spiro atoms. The number of rotatable bonds is 4. The minimum Gasteiger partial charge on any atom is -0.305 e. The van der Waals surface area contributed by atoms with Gasteiger partial charge in [0.2, 0.25) is 0 Å². The van der Waals surface area contributed by atoms with Gasteiger partial charge in [0.25, 0.3) is 0 Å². The molecule has 2 atom stereocenters. The summed E-state index contributed by atoms with van der Waals surface area (Å²) in [6.07, 6.45) is 5.95. The molecular formula is C14H21NO2S2. The highest BCUT2D eigenvalue weighted by Gasteiger charge is 2.33. The van der Waals surface area contributed by atoms with Crippen LogP contribution in [0, 0.1) is 5.92 Å². The van der Waals surface area contributed by atoms with Gasteiger partial charge in [0.05, 0.1) is 11.5 Å². The summed E-state index contributed by atoms with van der Waals surface area (Å²) in [7, 11) is -2.79. The minimum atomic E-state index is -2.79. The van der Waals surface area contributed by atoms with E-state index in [0.29, 0.717) is 23.5 Å². The van der Waals surface area contributed by atoms with Crippen LogP contribution in [0.3, 0.4) is 0 Å². The maximum absolute atomic E-state index is 11.6. The van der Waals surface area contributed by atoms with Gasteiger partial charge in [-0.15, -0.1) is 11.3 Å². The molecule has 0 radical (unpaired) electrons. The first-order valence-electron chi connectivity index (χ1n) is 7.14. The van der Waals surface area contributed by atoms with Crippen molar-refractivity contribution in [3.05, 3.63) is 22.4 Å². The van der Waals surface area contributed by atoms with Gasteiger partial charge in [-0.25, -0.2) is 8.42 Å². The van der Waals surface area contributed by atoms with Crippen LogP contribution in [0.2, 0.25) is 0 Å². The molecular weight excluding hydrogens is 278 g/mol. The summed E-state index contributed by atoms with van der Waals surface area (Å²) in [5.74, 6) is 1.36. The van der Waals surface area contributed by atoms with E-state index in [1.54, 1.807) is 11.3 Å². The van der Waals surface area contributed by atoms with Gasteiger partial charge in [0.15, 0.2) is 9.84 Å². The van der Waals surface area contributed by atoms with Gasteiger partial charge >= 0.3 is 0 Å². The quantitative estimate of drug-likeness (QED) is 0.930. The second kappa shape index (κ2) is 5.54. The fraction of sp³-hybridized carbons (Fsp3) is 0.714. The van der Waals surface area contributed by atoms with Crippen LogP contribution < -0.4 is 5.32 Å². The van der Waals surface area contributed by atoms with Crippen molar-refractivity contribution < 1.29 is 8.42 Å². The average molecular weight is 299 g/mol. The standard InChI is InChI=1S/C14H21NO2S2/c16-19(17)9-7-12(10-19)15-14(11-4-1-2-5-11)13-6-3-8-18-13/h3,6,8,11-12,14-15H,1-2,4-5,7,9-10H2. The first-order valence-corrected chi connectivity index (χ1v) is 9.84. The maximum Gasteiger partial charge on any atom is 0.151 e. The summed E-state index contributed by atoms with van der Waals surface area (Å²) in [4.78, 5) is 1.37. The predicted octanol–water partition coefficient (Wildman–Crippen LogP) is 2.76. The molecule has 1 aliphatic carbocycles. The van der Waals surface area contributed by atoms with Gasteiger partial charge in [-0.05, 0) is 36.6 Å². The lowest BCUT2D eigenvalue weighted by Gasteiger charge is -2.27. The Kier molecular flexibility index (Phi) is 3.96. The summed E-state index contributed by atoms with van der Waals surface area (Å²) in [5.41, 5.74) is 0. The van der Waals surface area contributed by atoms with Crippen molar-refractivity contribution in [2.75, 3.05) is 11.5 Å². The van der Waals surface area contributed by atoms with Crippen LogP contribution in [0.5, 0.6) is 0 Å². The molecule has 2 unspecified atom stereocenters. The smallest absolute Gasteiger partial charge is 0.151 e. The van der Waals surface area contributed by atoms with Crippen LogP contribution >= 0.6 is 11.3 Å². The first kappa shape index (κ1) is 13.6. The van der Waals surface area contributed by atoms with E-state index in [0.717, 1.165) is 6.42 Å². The summed E-state index contributed by atoms with van der Waals surface area (Å²) in [6, 6.07) is 4.79. The minimum absolute atomic E-state index is 0.151. The molecule has 0 amide bonds. The fourth-order valence-corrected chi connectivity index (χ4v) is 5.95. The molecule has 1 aromatic rings. The highest BCUT2D eigenvalue weighted by molar-refractivity contribution is 7.91. The number of hydrogen-bond acceptors (Lipinski definition) is 4. The Hall–Kier alpha value is -0.390. The number of hydrogen-bond donors (Lipinski definition) is 1. The van der Waals surface area contributed by atoms with Gasteiger partial charge in [-0.2, -0.15) is 0 Å². The van der Waals surface area contributed by atoms with Gasteiger partial charge in [-0.1, -0.05) is 18.9 Å². The van der Waals surface area contributed by atoms with Crippen LogP contribution in [-0.4, -0.2) is 26.0 Å². The maximum atomic E-state index is 11.6. The highest BCUT2D eigenvalue weighted by Crippen LogP contribution is 2.38. The molecule has 0 bridgehead atoms. The lowest BCUT2D eigenvalue weighted by Crippen LogP contribution is -2.36. The lowest BCUT2D eigenvalue weighted by atomic mass is 9.95. The van der Waals surface area contributed by atoms with Crippen LogP contribution in [0.4, 0.5) is 0 Å². The largest absolute Gasteiger partial charge is 0.305 e. The van der Waals surface area contributed by atoms with E-state index < -0.39 is 9.84 Å². The number of nitrogens with one attached hydrogen (secondary N) is 1. The van der Waals surface area contributed by atoms with Crippen LogP contribution in [0.15, 0.2) is 17.5 Å². The highest BCUT2D eigenvalue weighted by atomic mass is 32.2. The number of sulfone groups is 1. The van der Waals surface area contributed by atoms with Crippen LogP contribution in [0.25, 0.3) is 0 Å². The Morgan fingerprint density at radius 1 is 1.26 bits per heavy atom.